The van der Waals surface area contributed by atoms with Crippen LogP contribution in [0.25, 0.3) is 0 Å². The summed E-state index contributed by atoms with van der Waals surface area (Å²) in [6.45, 7) is 5.86. The summed E-state index contributed by atoms with van der Waals surface area (Å²) in [4.78, 5) is 17.8. The molecular weight excluding hydrogens is 204 g/mol. The molecule has 88 valence electrons. The maximum absolute atomic E-state index is 11.7. The average molecular weight is 222 g/mol. The second-order valence-corrected chi connectivity index (χ2v) is 4.08. The minimum absolute atomic E-state index is 0.204. The fourth-order valence-corrected chi connectivity index (χ4v) is 1.93. The van der Waals surface area contributed by atoms with Crippen LogP contribution in [0.15, 0.2) is 12.4 Å². The third-order valence-electron chi connectivity index (χ3n) is 2.94. The van der Waals surface area contributed by atoms with E-state index in [0.717, 1.165) is 38.4 Å². The van der Waals surface area contributed by atoms with E-state index in [-0.39, 0.29) is 5.91 Å². The molecule has 0 unspecified atom stereocenters. The number of rotatable bonds is 3. The van der Waals surface area contributed by atoms with Crippen molar-refractivity contribution >= 4 is 5.91 Å². The van der Waals surface area contributed by atoms with E-state index in [1.54, 1.807) is 6.20 Å². The van der Waals surface area contributed by atoms with Crippen LogP contribution in [0.4, 0.5) is 0 Å². The number of hydrogen-bond acceptors (Lipinski definition) is 3. The second kappa shape index (κ2) is 5.12. The highest BCUT2D eigenvalue weighted by Crippen LogP contribution is 2.00. The minimum atomic E-state index is 0.204. The van der Waals surface area contributed by atoms with Crippen molar-refractivity contribution in [3.05, 3.63) is 18.2 Å². The Bertz CT molecular complexity index is 361. The van der Waals surface area contributed by atoms with Gasteiger partial charge in [-0.3, -0.25) is 4.79 Å². The molecule has 0 saturated carbocycles. The lowest BCUT2D eigenvalue weighted by Gasteiger charge is -2.20. The normalized spacial score (nSPS) is 17.6. The fraction of sp³-hybridized carbons (Fsp3) is 0.636. The van der Waals surface area contributed by atoms with Gasteiger partial charge in [-0.1, -0.05) is 0 Å². The Kier molecular flexibility index (Phi) is 3.56. The molecule has 1 N–H and O–H groups in total. The van der Waals surface area contributed by atoms with Crippen LogP contribution in [-0.2, 0) is 11.3 Å². The Labute approximate surface area is 95.5 Å². The Morgan fingerprint density at radius 1 is 1.50 bits per heavy atom. The van der Waals surface area contributed by atoms with E-state index in [9.17, 15) is 4.79 Å². The highest BCUT2D eigenvalue weighted by atomic mass is 16.2. The standard InChI is InChI=1S/C11H18N4O/c1-10-13-4-6-14(10)7-8-15-5-2-3-12-9-11(15)16/h4,6,12H,2-3,5,7-9H2,1H3. The zero-order chi connectivity index (χ0) is 11.4. The zero-order valence-electron chi connectivity index (χ0n) is 9.65. The molecule has 2 rings (SSSR count). The van der Waals surface area contributed by atoms with Gasteiger partial charge in [0.05, 0.1) is 6.54 Å². The van der Waals surface area contributed by atoms with Crippen molar-refractivity contribution in [2.45, 2.75) is 19.9 Å². The third kappa shape index (κ3) is 2.61. The van der Waals surface area contributed by atoms with Crippen LogP contribution in [0.2, 0.25) is 0 Å². The van der Waals surface area contributed by atoms with E-state index in [1.165, 1.54) is 0 Å². The monoisotopic (exact) mass is 222 g/mol. The van der Waals surface area contributed by atoms with Gasteiger partial charge in [0.2, 0.25) is 5.91 Å². The quantitative estimate of drug-likeness (QED) is 0.784. The first-order valence-electron chi connectivity index (χ1n) is 5.73. The molecule has 0 bridgehead atoms. The molecule has 1 fully saturated rings. The van der Waals surface area contributed by atoms with Gasteiger partial charge in [-0.25, -0.2) is 4.98 Å². The van der Waals surface area contributed by atoms with Crippen LogP contribution in [0.3, 0.4) is 0 Å². The predicted octanol–water partition coefficient (Wildman–Crippen LogP) is 0.0134. The number of hydrogen-bond donors (Lipinski definition) is 1. The maximum Gasteiger partial charge on any atom is 0.236 e. The second-order valence-electron chi connectivity index (χ2n) is 4.08. The lowest BCUT2D eigenvalue weighted by atomic mass is 10.4. The Balaban J connectivity index is 1.89. The van der Waals surface area contributed by atoms with Crippen LogP contribution < -0.4 is 5.32 Å². The number of aryl methyl sites for hydroxylation is 1. The van der Waals surface area contributed by atoms with Crippen molar-refractivity contribution in [1.82, 2.24) is 19.8 Å². The van der Waals surface area contributed by atoms with E-state index < -0.39 is 0 Å². The van der Waals surface area contributed by atoms with Crippen LogP contribution in [-0.4, -0.2) is 46.5 Å². The first kappa shape index (κ1) is 11.1. The molecule has 1 aliphatic heterocycles. The molecule has 1 aromatic heterocycles. The van der Waals surface area contributed by atoms with Gasteiger partial charge in [0.25, 0.3) is 0 Å². The molecule has 0 spiro atoms. The van der Waals surface area contributed by atoms with Crippen LogP contribution in [0.5, 0.6) is 0 Å². The van der Waals surface area contributed by atoms with Gasteiger partial charge >= 0.3 is 0 Å². The SMILES string of the molecule is Cc1nccn1CCN1CCCNCC1=O. The number of nitrogens with one attached hydrogen (secondary N) is 1. The van der Waals surface area contributed by atoms with E-state index >= 15 is 0 Å². The summed E-state index contributed by atoms with van der Waals surface area (Å²) in [6, 6.07) is 0. The lowest BCUT2D eigenvalue weighted by Crippen LogP contribution is -2.37. The molecule has 5 heteroatoms. The molecule has 1 amide bonds. The van der Waals surface area contributed by atoms with Gasteiger partial charge in [0, 0.05) is 32.0 Å². The van der Waals surface area contributed by atoms with E-state index in [2.05, 4.69) is 14.9 Å². The van der Waals surface area contributed by atoms with Gasteiger partial charge in [0.15, 0.2) is 0 Å². The number of nitrogens with zero attached hydrogens (tertiary/aromatic N) is 3. The maximum atomic E-state index is 11.7. The highest BCUT2D eigenvalue weighted by molar-refractivity contribution is 5.78. The number of aromatic nitrogens is 2. The van der Waals surface area contributed by atoms with Gasteiger partial charge < -0.3 is 14.8 Å². The molecule has 0 aliphatic carbocycles. The first-order chi connectivity index (χ1) is 7.77. The van der Waals surface area contributed by atoms with Crippen molar-refractivity contribution in [1.29, 1.82) is 0 Å². The molecule has 1 aromatic rings. The summed E-state index contributed by atoms with van der Waals surface area (Å²) < 4.78 is 2.08. The molecule has 0 aromatic carbocycles. The lowest BCUT2D eigenvalue weighted by molar-refractivity contribution is -0.129. The summed E-state index contributed by atoms with van der Waals surface area (Å²) in [5, 5.41) is 3.12. The molecule has 0 atom stereocenters. The van der Waals surface area contributed by atoms with Crippen molar-refractivity contribution in [3.63, 3.8) is 0 Å². The topological polar surface area (TPSA) is 50.2 Å². The van der Waals surface area contributed by atoms with Crippen LogP contribution in [0, 0.1) is 6.92 Å². The Hall–Kier alpha value is -1.36. The zero-order valence-corrected chi connectivity index (χ0v) is 9.65. The summed E-state index contributed by atoms with van der Waals surface area (Å²) in [5.74, 6) is 1.20. The summed E-state index contributed by atoms with van der Waals surface area (Å²) in [6.07, 6.45) is 4.78. The summed E-state index contributed by atoms with van der Waals surface area (Å²) >= 11 is 0. The summed E-state index contributed by atoms with van der Waals surface area (Å²) in [5.41, 5.74) is 0. The minimum Gasteiger partial charge on any atom is -0.340 e. The first-order valence-corrected chi connectivity index (χ1v) is 5.73. The van der Waals surface area contributed by atoms with Crippen LogP contribution >= 0.6 is 0 Å². The smallest absolute Gasteiger partial charge is 0.236 e. The Morgan fingerprint density at radius 3 is 3.12 bits per heavy atom. The molecule has 16 heavy (non-hydrogen) atoms. The van der Waals surface area contributed by atoms with Gasteiger partial charge in [-0.05, 0) is 19.9 Å². The molecule has 2 heterocycles. The van der Waals surface area contributed by atoms with Crippen molar-refractivity contribution in [2.24, 2.45) is 0 Å². The molecule has 5 nitrogen and oxygen atoms in total. The van der Waals surface area contributed by atoms with E-state index in [1.807, 2.05) is 18.0 Å². The predicted molar refractivity (Wildman–Crippen MR) is 61.0 cm³/mol. The molecular formula is C11H18N4O. The van der Waals surface area contributed by atoms with Crippen molar-refractivity contribution < 1.29 is 4.79 Å². The van der Waals surface area contributed by atoms with Crippen LogP contribution in [0.1, 0.15) is 12.2 Å². The largest absolute Gasteiger partial charge is 0.340 e. The van der Waals surface area contributed by atoms with E-state index in [0.29, 0.717) is 6.54 Å². The number of amides is 1. The van der Waals surface area contributed by atoms with Crippen molar-refractivity contribution in [2.75, 3.05) is 26.2 Å². The number of carbonyl (C=O) groups excluding carboxylic acids is 1. The fourth-order valence-electron chi connectivity index (χ4n) is 1.93. The number of imidazole rings is 1. The Morgan fingerprint density at radius 2 is 2.38 bits per heavy atom. The van der Waals surface area contributed by atoms with Gasteiger partial charge in [-0.15, -0.1) is 0 Å². The van der Waals surface area contributed by atoms with Gasteiger partial charge in [-0.2, -0.15) is 0 Å². The third-order valence-corrected chi connectivity index (χ3v) is 2.94. The number of carbonyl (C=O) groups is 1. The summed E-state index contributed by atoms with van der Waals surface area (Å²) in [7, 11) is 0. The van der Waals surface area contributed by atoms with Crippen molar-refractivity contribution in [3.8, 4) is 0 Å². The molecule has 1 saturated heterocycles. The molecule has 1 aliphatic rings. The van der Waals surface area contributed by atoms with Gasteiger partial charge in [0.1, 0.15) is 5.82 Å². The molecule has 0 radical (unpaired) electrons. The highest BCUT2D eigenvalue weighted by Gasteiger charge is 2.15. The van der Waals surface area contributed by atoms with E-state index in [4.69, 9.17) is 0 Å². The average Bonchev–Trinajstić information content (AvgIpc) is 2.56.